The van der Waals surface area contributed by atoms with Gasteiger partial charge in [0.1, 0.15) is 12.7 Å². The summed E-state index contributed by atoms with van der Waals surface area (Å²) in [5.74, 6) is -0.451. The molecule has 4 rings (SSSR count). The van der Waals surface area contributed by atoms with E-state index in [1.54, 1.807) is 11.0 Å². The molecule has 1 aromatic heterocycles. The topological polar surface area (TPSA) is 94.0 Å². The van der Waals surface area contributed by atoms with Crippen molar-refractivity contribution in [3.8, 4) is 5.69 Å². The van der Waals surface area contributed by atoms with Gasteiger partial charge in [-0.25, -0.2) is 18.1 Å². The molecule has 0 radical (unpaired) electrons. The zero-order chi connectivity index (χ0) is 22.1. The fraction of sp³-hybridized carbons (Fsp3) is 0.318. The van der Waals surface area contributed by atoms with Crippen LogP contribution in [0.5, 0.6) is 0 Å². The Balaban J connectivity index is 1.57. The van der Waals surface area contributed by atoms with Gasteiger partial charge in [0.05, 0.1) is 16.6 Å². The molecule has 1 fully saturated rings. The Kier molecular flexibility index (Phi) is 5.85. The lowest BCUT2D eigenvalue weighted by atomic mass is 10.0. The maximum absolute atomic E-state index is 13.5. The average molecular weight is 459 g/mol. The highest BCUT2D eigenvalue weighted by atomic mass is 35.5. The van der Waals surface area contributed by atoms with Crippen molar-refractivity contribution in [1.82, 2.24) is 20.1 Å². The molecule has 1 aliphatic rings. The van der Waals surface area contributed by atoms with Crippen molar-refractivity contribution in [2.75, 3.05) is 0 Å². The quantitative estimate of drug-likeness (QED) is 0.604. The number of carbonyl (C=O) groups is 1. The SMILES string of the molecule is C[C@@H](NC(=O)C1(S(=O)(=O)c2ccc(Cl)cc2)CCCC1)c1ccc(-n2cncn2)cc1. The summed E-state index contributed by atoms with van der Waals surface area (Å²) >= 11 is 5.92. The fourth-order valence-corrected chi connectivity index (χ4v) is 6.27. The van der Waals surface area contributed by atoms with Gasteiger partial charge in [0, 0.05) is 5.02 Å². The summed E-state index contributed by atoms with van der Waals surface area (Å²) in [7, 11) is -3.87. The molecule has 9 heteroatoms. The Hall–Kier alpha value is -2.71. The van der Waals surface area contributed by atoms with E-state index >= 15 is 0 Å². The fourth-order valence-electron chi connectivity index (χ4n) is 4.07. The van der Waals surface area contributed by atoms with Crippen LogP contribution in [0.1, 0.15) is 44.2 Å². The van der Waals surface area contributed by atoms with Crippen molar-refractivity contribution in [2.45, 2.75) is 48.3 Å². The third-order valence-electron chi connectivity index (χ3n) is 5.89. The van der Waals surface area contributed by atoms with Gasteiger partial charge in [-0.05, 0) is 61.7 Å². The average Bonchev–Trinajstić information content (AvgIpc) is 3.47. The summed E-state index contributed by atoms with van der Waals surface area (Å²) in [6.07, 6.45) is 5.07. The van der Waals surface area contributed by atoms with Crippen LogP contribution in [0.15, 0.2) is 66.1 Å². The minimum Gasteiger partial charge on any atom is -0.348 e. The first-order chi connectivity index (χ1) is 14.8. The summed E-state index contributed by atoms with van der Waals surface area (Å²) in [6, 6.07) is 13.2. The molecule has 162 valence electrons. The number of carbonyl (C=O) groups excluding carboxylic acids is 1. The van der Waals surface area contributed by atoms with Gasteiger partial charge in [0.15, 0.2) is 14.6 Å². The van der Waals surface area contributed by atoms with Crippen molar-refractivity contribution in [3.63, 3.8) is 0 Å². The Morgan fingerprint density at radius 3 is 2.32 bits per heavy atom. The Morgan fingerprint density at radius 1 is 1.10 bits per heavy atom. The lowest BCUT2D eigenvalue weighted by Crippen LogP contribution is -2.51. The van der Waals surface area contributed by atoms with Crippen molar-refractivity contribution < 1.29 is 13.2 Å². The number of sulfone groups is 1. The molecular weight excluding hydrogens is 436 g/mol. The molecule has 0 unspecified atom stereocenters. The predicted octanol–water partition coefficient (Wildman–Crippen LogP) is 3.88. The maximum atomic E-state index is 13.5. The van der Waals surface area contributed by atoms with Gasteiger partial charge in [-0.2, -0.15) is 5.10 Å². The first-order valence-corrected chi connectivity index (χ1v) is 12.0. The first-order valence-electron chi connectivity index (χ1n) is 10.1. The van der Waals surface area contributed by atoms with E-state index in [-0.39, 0.29) is 10.9 Å². The smallest absolute Gasteiger partial charge is 0.242 e. The number of hydrogen-bond donors (Lipinski definition) is 1. The summed E-state index contributed by atoms with van der Waals surface area (Å²) in [6.45, 7) is 1.85. The molecule has 0 saturated heterocycles. The van der Waals surface area contributed by atoms with Crippen LogP contribution in [-0.2, 0) is 14.6 Å². The number of nitrogens with zero attached hydrogens (tertiary/aromatic N) is 3. The van der Waals surface area contributed by atoms with Crippen molar-refractivity contribution in [1.29, 1.82) is 0 Å². The molecule has 1 heterocycles. The summed E-state index contributed by atoms with van der Waals surface area (Å²) in [5, 5.41) is 7.49. The second kappa shape index (κ2) is 8.43. The van der Waals surface area contributed by atoms with E-state index in [0.717, 1.165) is 11.3 Å². The number of halogens is 1. The zero-order valence-corrected chi connectivity index (χ0v) is 18.6. The van der Waals surface area contributed by atoms with Crippen LogP contribution in [0, 0.1) is 0 Å². The number of aromatic nitrogens is 3. The molecule has 2 aromatic carbocycles. The van der Waals surface area contributed by atoms with Crippen LogP contribution in [0.2, 0.25) is 5.02 Å². The molecule has 1 amide bonds. The molecule has 31 heavy (non-hydrogen) atoms. The van der Waals surface area contributed by atoms with Gasteiger partial charge in [-0.1, -0.05) is 36.6 Å². The number of nitrogens with one attached hydrogen (secondary N) is 1. The summed E-state index contributed by atoms with van der Waals surface area (Å²) in [4.78, 5) is 17.4. The van der Waals surface area contributed by atoms with Crippen molar-refractivity contribution in [3.05, 3.63) is 71.8 Å². The lowest BCUT2D eigenvalue weighted by Gasteiger charge is -2.29. The summed E-state index contributed by atoms with van der Waals surface area (Å²) < 4.78 is 27.1. The van der Waals surface area contributed by atoms with Gasteiger partial charge in [-0.15, -0.1) is 0 Å². The molecule has 0 bridgehead atoms. The van der Waals surface area contributed by atoms with Crippen LogP contribution in [0.4, 0.5) is 0 Å². The third-order valence-corrected chi connectivity index (χ3v) is 8.65. The highest BCUT2D eigenvalue weighted by Crippen LogP contribution is 2.41. The zero-order valence-electron chi connectivity index (χ0n) is 17.0. The number of benzene rings is 2. The second-order valence-electron chi connectivity index (χ2n) is 7.79. The highest BCUT2D eigenvalue weighted by Gasteiger charge is 2.53. The van der Waals surface area contributed by atoms with Gasteiger partial charge < -0.3 is 5.32 Å². The van der Waals surface area contributed by atoms with E-state index in [0.29, 0.717) is 30.7 Å². The van der Waals surface area contributed by atoms with Crippen LogP contribution in [0.3, 0.4) is 0 Å². The number of amides is 1. The molecule has 0 spiro atoms. The Labute approximate surface area is 186 Å². The molecular formula is C22H23ClN4O3S. The maximum Gasteiger partial charge on any atom is 0.242 e. The lowest BCUT2D eigenvalue weighted by molar-refractivity contribution is -0.124. The van der Waals surface area contributed by atoms with E-state index in [2.05, 4.69) is 15.4 Å². The molecule has 1 saturated carbocycles. The van der Waals surface area contributed by atoms with Gasteiger partial charge in [0.25, 0.3) is 0 Å². The molecule has 1 N–H and O–H groups in total. The van der Waals surface area contributed by atoms with Gasteiger partial charge in [0.2, 0.25) is 5.91 Å². The van der Waals surface area contributed by atoms with Crippen LogP contribution < -0.4 is 5.32 Å². The van der Waals surface area contributed by atoms with Gasteiger partial charge >= 0.3 is 0 Å². The minimum atomic E-state index is -3.87. The monoisotopic (exact) mass is 458 g/mol. The van der Waals surface area contributed by atoms with E-state index in [4.69, 9.17) is 11.6 Å². The van der Waals surface area contributed by atoms with Crippen molar-refractivity contribution in [2.24, 2.45) is 0 Å². The Morgan fingerprint density at radius 2 is 1.74 bits per heavy atom. The predicted molar refractivity (Wildman–Crippen MR) is 118 cm³/mol. The van der Waals surface area contributed by atoms with Crippen LogP contribution >= 0.6 is 11.6 Å². The van der Waals surface area contributed by atoms with Crippen LogP contribution in [-0.4, -0.2) is 33.8 Å². The molecule has 0 aliphatic heterocycles. The molecule has 1 atom stereocenters. The third kappa shape index (κ3) is 3.97. The number of rotatable bonds is 6. The van der Waals surface area contributed by atoms with E-state index in [1.165, 1.54) is 30.6 Å². The highest BCUT2D eigenvalue weighted by molar-refractivity contribution is 7.93. The standard InChI is InChI=1S/C22H23ClN4O3S/c1-16(17-4-8-19(9-5-17)27-15-24-14-25-27)26-21(28)22(12-2-3-13-22)31(29,30)20-10-6-18(23)7-11-20/h4-11,14-16H,2-3,12-13H2,1H3,(H,26,28)/t16-/m1/s1. The number of hydrogen-bond acceptors (Lipinski definition) is 5. The largest absolute Gasteiger partial charge is 0.348 e. The minimum absolute atomic E-state index is 0.124. The molecule has 7 nitrogen and oxygen atoms in total. The normalized spacial score (nSPS) is 16.7. The second-order valence-corrected chi connectivity index (χ2v) is 10.5. The van der Waals surface area contributed by atoms with Crippen LogP contribution in [0.25, 0.3) is 5.69 Å². The van der Waals surface area contributed by atoms with Crippen molar-refractivity contribution >= 4 is 27.3 Å². The molecule has 3 aromatic rings. The summed E-state index contributed by atoms with van der Waals surface area (Å²) in [5.41, 5.74) is 1.71. The first kappa shape index (κ1) is 21.5. The van der Waals surface area contributed by atoms with Gasteiger partial charge in [-0.3, -0.25) is 4.79 Å². The Bertz CT molecular complexity index is 1150. The van der Waals surface area contributed by atoms with E-state index in [1.807, 2.05) is 31.2 Å². The molecule has 1 aliphatic carbocycles. The van der Waals surface area contributed by atoms with E-state index in [9.17, 15) is 13.2 Å². The van der Waals surface area contributed by atoms with E-state index < -0.39 is 20.5 Å².